The van der Waals surface area contributed by atoms with Crippen LogP contribution in [0.1, 0.15) is 17.3 Å². The predicted octanol–water partition coefficient (Wildman–Crippen LogP) is 1.09. The fourth-order valence-electron chi connectivity index (χ4n) is 2.33. The van der Waals surface area contributed by atoms with Crippen molar-refractivity contribution in [2.24, 2.45) is 0 Å². The molecule has 1 heterocycles. The molecule has 0 atom stereocenters. The van der Waals surface area contributed by atoms with Gasteiger partial charge < -0.3 is 19.7 Å². The van der Waals surface area contributed by atoms with Gasteiger partial charge >= 0.3 is 5.97 Å². The van der Waals surface area contributed by atoms with Gasteiger partial charge in [-0.2, -0.15) is 0 Å². The molecule has 0 saturated carbocycles. The Morgan fingerprint density at radius 3 is 2.70 bits per heavy atom. The van der Waals surface area contributed by atoms with Gasteiger partial charge in [0.15, 0.2) is 5.11 Å². The van der Waals surface area contributed by atoms with E-state index in [-0.39, 0.29) is 17.6 Å². The summed E-state index contributed by atoms with van der Waals surface area (Å²) in [5.74, 6) is -1.27. The Hall–Kier alpha value is -2.78. The highest BCUT2D eigenvalue weighted by Crippen LogP contribution is 2.13. The minimum Gasteiger partial charge on any atom is -0.463 e. The third kappa shape index (κ3) is 6.80. The van der Waals surface area contributed by atoms with E-state index >= 15 is 0 Å². The summed E-state index contributed by atoms with van der Waals surface area (Å²) >= 11 is 5.07. The topological polar surface area (TPSA) is 97.0 Å². The molecule has 1 aromatic rings. The summed E-state index contributed by atoms with van der Waals surface area (Å²) in [7, 11) is 0. The smallest absolute Gasteiger partial charge is 0.330 e. The van der Waals surface area contributed by atoms with E-state index in [0.717, 1.165) is 12.2 Å². The first kappa shape index (κ1) is 20.5. The molecule has 27 heavy (non-hydrogen) atoms. The first-order chi connectivity index (χ1) is 13.0. The standard InChI is InChI=1S/C18H21N3O5S/c1-2-26-16(23)7-6-15(22)20-18(27)19-14-5-3-4-13(12-14)17(24)21-8-10-25-11-9-21/h3-7,12H,2,8-11H2,1H3,(H2,19,20,22,27)/b7-6+. The predicted molar refractivity (Wildman–Crippen MR) is 103 cm³/mol. The summed E-state index contributed by atoms with van der Waals surface area (Å²) in [4.78, 5) is 37.1. The zero-order valence-corrected chi connectivity index (χ0v) is 15.7. The molecule has 144 valence electrons. The number of amides is 2. The molecule has 0 radical (unpaired) electrons. The van der Waals surface area contributed by atoms with Crippen LogP contribution in [0.2, 0.25) is 0 Å². The maximum atomic E-state index is 12.5. The van der Waals surface area contributed by atoms with E-state index in [4.69, 9.17) is 17.0 Å². The molecule has 1 saturated heterocycles. The van der Waals surface area contributed by atoms with Crippen LogP contribution in [0.25, 0.3) is 0 Å². The highest BCUT2D eigenvalue weighted by Gasteiger charge is 2.18. The van der Waals surface area contributed by atoms with E-state index in [1.54, 1.807) is 36.1 Å². The largest absolute Gasteiger partial charge is 0.463 e. The number of anilines is 1. The van der Waals surface area contributed by atoms with Crippen molar-refractivity contribution in [2.45, 2.75) is 6.92 Å². The lowest BCUT2D eigenvalue weighted by Gasteiger charge is -2.27. The van der Waals surface area contributed by atoms with Crippen LogP contribution < -0.4 is 10.6 Å². The number of morpholine rings is 1. The SMILES string of the molecule is CCOC(=O)/C=C/C(=O)NC(=S)Nc1cccc(C(=O)N2CCOCC2)c1. The normalized spacial score (nSPS) is 13.9. The maximum Gasteiger partial charge on any atom is 0.330 e. The Morgan fingerprint density at radius 2 is 2.00 bits per heavy atom. The molecule has 2 rings (SSSR count). The average molecular weight is 391 g/mol. The second-order valence-corrected chi connectivity index (χ2v) is 5.92. The fourth-order valence-corrected chi connectivity index (χ4v) is 2.55. The Kier molecular flexibility index (Phi) is 7.90. The number of benzene rings is 1. The van der Waals surface area contributed by atoms with Crippen LogP contribution in [0, 0.1) is 0 Å². The number of rotatable bonds is 5. The molecular weight excluding hydrogens is 370 g/mol. The van der Waals surface area contributed by atoms with Crippen molar-refractivity contribution in [3.63, 3.8) is 0 Å². The molecule has 0 spiro atoms. The molecule has 1 aliphatic heterocycles. The summed E-state index contributed by atoms with van der Waals surface area (Å²) in [6.07, 6.45) is 2.05. The van der Waals surface area contributed by atoms with Crippen molar-refractivity contribution in [2.75, 3.05) is 38.2 Å². The number of ether oxygens (including phenoxy) is 2. The zero-order chi connectivity index (χ0) is 19.6. The van der Waals surface area contributed by atoms with Gasteiger partial charge in [-0.05, 0) is 37.3 Å². The fraction of sp³-hybridized carbons (Fsp3) is 0.333. The molecular formula is C18H21N3O5S. The highest BCUT2D eigenvalue weighted by atomic mass is 32.1. The minimum atomic E-state index is -0.610. The second kappa shape index (κ2) is 10.4. The summed E-state index contributed by atoms with van der Waals surface area (Å²) < 4.78 is 9.93. The molecule has 0 unspecified atom stereocenters. The van der Waals surface area contributed by atoms with Crippen LogP contribution in [-0.4, -0.2) is 60.7 Å². The van der Waals surface area contributed by atoms with Gasteiger partial charge in [0.1, 0.15) is 0 Å². The van der Waals surface area contributed by atoms with Gasteiger partial charge in [-0.25, -0.2) is 4.79 Å². The molecule has 2 amide bonds. The highest BCUT2D eigenvalue weighted by molar-refractivity contribution is 7.80. The first-order valence-corrected chi connectivity index (χ1v) is 8.84. The van der Waals surface area contributed by atoms with Crippen LogP contribution in [-0.2, 0) is 19.1 Å². The Labute approximate surface area is 162 Å². The van der Waals surface area contributed by atoms with Gasteiger partial charge in [0.2, 0.25) is 5.91 Å². The molecule has 9 heteroatoms. The van der Waals surface area contributed by atoms with Crippen molar-refractivity contribution < 1.29 is 23.9 Å². The van der Waals surface area contributed by atoms with Crippen LogP contribution in [0.3, 0.4) is 0 Å². The van der Waals surface area contributed by atoms with E-state index in [9.17, 15) is 14.4 Å². The van der Waals surface area contributed by atoms with E-state index in [2.05, 4.69) is 15.4 Å². The Morgan fingerprint density at radius 1 is 1.26 bits per heavy atom. The lowest BCUT2D eigenvalue weighted by Crippen LogP contribution is -2.40. The number of hydrogen-bond donors (Lipinski definition) is 2. The van der Waals surface area contributed by atoms with Crippen LogP contribution in [0.4, 0.5) is 5.69 Å². The molecule has 1 aliphatic rings. The zero-order valence-electron chi connectivity index (χ0n) is 14.9. The lowest BCUT2D eigenvalue weighted by atomic mass is 10.1. The molecule has 1 aromatic carbocycles. The first-order valence-electron chi connectivity index (χ1n) is 8.43. The molecule has 2 N–H and O–H groups in total. The monoisotopic (exact) mass is 391 g/mol. The molecule has 8 nitrogen and oxygen atoms in total. The summed E-state index contributed by atoms with van der Waals surface area (Å²) in [6, 6.07) is 6.82. The van der Waals surface area contributed by atoms with E-state index in [1.807, 2.05) is 0 Å². The second-order valence-electron chi connectivity index (χ2n) is 5.51. The van der Waals surface area contributed by atoms with Gasteiger partial charge in [-0.1, -0.05) is 6.07 Å². The number of carbonyl (C=O) groups is 3. The van der Waals surface area contributed by atoms with Crippen LogP contribution >= 0.6 is 12.2 Å². The van der Waals surface area contributed by atoms with Gasteiger partial charge in [-0.3, -0.25) is 14.9 Å². The average Bonchev–Trinajstić information content (AvgIpc) is 2.67. The van der Waals surface area contributed by atoms with Gasteiger partial charge in [0.05, 0.1) is 19.8 Å². The van der Waals surface area contributed by atoms with E-state index in [1.165, 1.54) is 0 Å². The quantitative estimate of drug-likeness (QED) is 0.441. The van der Waals surface area contributed by atoms with Crippen molar-refractivity contribution in [1.29, 1.82) is 0 Å². The van der Waals surface area contributed by atoms with Crippen molar-refractivity contribution in [3.05, 3.63) is 42.0 Å². The number of hydrogen-bond acceptors (Lipinski definition) is 6. The molecule has 1 fully saturated rings. The number of thiocarbonyl (C=S) groups is 1. The summed E-state index contributed by atoms with van der Waals surface area (Å²) in [5, 5.41) is 5.30. The summed E-state index contributed by atoms with van der Waals surface area (Å²) in [6.45, 7) is 4.06. The number of esters is 1. The molecule has 0 bridgehead atoms. The number of nitrogens with one attached hydrogen (secondary N) is 2. The van der Waals surface area contributed by atoms with E-state index in [0.29, 0.717) is 37.6 Å². The molecule has 0 aliphatic carbocycles. The van der Waals surface area contributed by atoms with Crippen LogP contribution in [0.15, 0.2) is 36.4 Å². The minimum absolute atomic E-state index is 0.0458. The van der Waals surface area contributed by atoms with Gasteiger partial charge in [0, 0.05) is 36.5 Å². The van der Waals surface area contributed by atoms with E-state index < -0.39 is 11.9 Å². The number of nitrogens with zero attached hydrogens (tertiary/aromatic N) is 1. The van der Waals surface area contributed by atoms with Gasteiger partial charge in [-0.15, -0.1) is 0 Å². The number of carbonyl (C=O) groups excluding carboxylic acids is 3. The van der Waals surface area contributed by atoms with Crippen molar-refractivity contribution >= 4 is 40.8 Å². The molecule has 0 aromatic heterocycles. The van der Waals surface area contributed by atoms with Gasteiger partial charge in [0.25, 0.3) is 5.91 Å². The Bertz CT molecular complexity index is 744. The Balaban J connectivity index is 1.91. The third-order valence-corrected chi connectivity index (χ3v) is 3.76. The van der Waals surface area contributed by atoms with Crippen molar-refractivity contribution in [3.8, 4) is 0 Å². The maximum absolute atomic E-state index is 12.5. The lowest BCUT2D eigenvalue weighted by molar-refractivity contribution is -0.137. The third-order valence-electron chi connectivity index (χ3n) is 3.56. The summed E-state index contributed by atoms with van der Waals surface area (Å²) in [5.41, 5.74) is 1.08. The van der Waals surface area contributed by atoms with Crippen LogP contribution in [0.5, 0.6) is 0 Å². The van der Waals surface area contributed by atoms with Crippen molar-refractivity contribution in [1.82, 2.24) is 10.2 Å².